The Labute approximate surface area is 183 Å². The van der Waals surface area contributed by atoms with E-state index in [0.717, 1.165) is 42.9 Å². The van der Waals surface area contributed by atoms with Gasteiger partial charge in [-0.05, 0) is 41.7 Å². The average molecular weight is 420 g/mol. The first-order valence-corrected chi connectivity index (χ1v) is 10.7. The highest BCUT2D eigenvalue weighted by atomic mass is 16.5. The summed E-state index contributed by atoms with van der Waals surface area (Å²) >= 11 is 0. The molecule has 1 fully saturated rings. The van der Waals surface area contributed by atoms with Crippen molar-refractivity contribution < 1.29 is 9.53 Å². The molecule has 1 unspecified atom stereocenters. The minimum absolute atomic E-state index is 0.127. The molecule has 2 aromatic carbocycles. The fourth-order valence-electron chi connectivity index (χ4n) is 3.94. The van der Waals surface area contributed by atoms with E-state index in [0.29, 0.717) is 19.0 Å². The Morgan fingerprint density at radius 1 is 1.13 bits per heavy atom. The lowest BCUT2D eigenvalue weighted by atomic mass is 10.1. The Morgan fingerprint density at radius 3 is 2.84 bits per heavy atom. The zero-order valence-corrected chi connectivity index (χ0v) is 17.8. The minimum Gasteiger partial charge on any atom is -0.497 e. The van der Waals surface area contributed by atoms with Crippen LogP contribution in [-0.4, -0.2) is 42.6 Å². The second-order valence-corrected chi connectivity index (χ2v) is 7.89. The van der Waals surface area contributed by atoms with Gasteiger partial charge in [0.1, 0.15) is 5.75 Å². The average Bonchev–Trinajstić information content (AvgIpc) is 3.49. The summed E-state index contributed by atoms with van der Waals surface area (Å²) in [6, 6.07) is 18.1. The van der Waals surface area contributed by atoms with Gasteiger partial charge in [0.2, 0.25) is 0 Å². The lowest BCUT2D eigenvalue weighted by Crippen LogP contribution is -2.38. The minimum atomic E-state index is -0.127. The van der Waals surface area contributed by atoms with E-state index in [9.17, 15) is 4.79 Å². The summed E-state index contributed by atoms with van der Waals surface area (Å²) in [4.78, 5) is 14.6. The number of rotatable bonds is 8. The summed E-state index contributed by atoms with van der Waals surface area (Å²) in [5, 5.41) is 10.2. The van der Waals surface area contributed by atoms with Crippen molar-refractivity contribution in [3.63, 3.8) is 0 Å². The number of nitrogens with zero attached hydrogens (tertiary/aromatic N) is 3. The molecular formula is C24H29N5O2. The van der Waals surface area contributed by atoms with Crippen LogP contribution >= 0.6 is 0 Å². The van der Waals surface area contributed by atoms with Gasteiger partial charge in [-0.3, -0.25) is 4.68 Å². The van der Waals surface area contributed by atoms with E-state index in [-0.39, 0.29) is 6.03 Å². The van der Waals surface area contributed by atoms with Gasteiger partial charge in [-0.2, -0.15) is 5.10 Å². The second-order valence-electron chi connectivity index (χ2n) is 7.89. The van der Waals surface area contributed by atoms with Gasteiger partial charge in [-0.25, -0.2) is 4.79 Å². The largest absolute Gasteiger partial charge is 0.497 e. The number of urea groups is 1. The maximum absolute atomic E-state index is 12.3. The van der Waals surface area contributed by atoms with E-state index in [1.165, 1.54) is 5.69 Å². The zero-order valence-electron chi connectivity index (χ0n) is 17.8. The number of hydrogen-bond donors (Lipinski definition) is 2. The number of hydrogen-bond acceptors (Lipinski definition) is 4. The summed E-state index contributed by atoms with van der Waals surface area (Å²) in [6.07, 6.45) is 4.78. The standard InChI is InChI=1S/C24H29N5O2/c1-31-23-8-3-7-22(14-23)28-12-9-21(17-28)16-26-24(30)25-15-19-5-2-6-20(13-19)18-29-11-4-10-27-29/h2-8,10-11,13-14,21H,9,12,15-18H2,1H3,(H2,25,26,30). The smallest absolute Gasteiger partial charge is 0.315 e. The lowest BCUT2D eigenvalue weighted by Gasteiger charge is -2.19. The third kappa shape index (κ3) is 5.78. The number of ether oxygens (including phenoxy) is 1. The van der Waals surface area contributed by atoms with Crippen LogP contribution < -0.4 is 20.3 Å². The van der Waals surface area contributed by atoms with Gasteiger partial charge in [0.15, 0.2) is 0 Å². The number of amides is 2. The molecule has 0 aliphatic carbocycles. The molecule has 0 bridgehead atoms. The van der Waals surface area contributed by atoms with Crippen molar-refractivity contribution in [1.82, 2.24) is 20.4 Å². The van der Waals surface area contributed by atoms with Crippen LogP contribution in [0.4, 0.5) is 10.5 Å². The third-order valence-electron chi connectivity index (χ3n) is 5.60. The van der Waals surface area contributed by atoms with Gasteiger partial charge >= 0.3 is 6.03 Å². The first-order valence-electron chi connectivity index (χ1n) is 10.7. The molecule has 31 heavy (non-hydrogen) atoms. The van der Waals surface area contributed by atoms with Crippen molar-refractivity contribution in [2.45, 2.75) is 19.5 Å². The molecule has 1 atom stereocenters. The zero-order chi connectivity index (χ0) is 21.5. The monoisotopic (exact) mass is 419 g/mol. The molecule has 1 aliphatic heterocycles. The molecule has 2 N–H and O–H groups in total. The highest BCUT2D eigenvalue weighted by Gasteiger charge is 2.23. The molecule has 1 aliphatic rings. The molecule has 0 saturated carbocycles. The fourth-order valence-corrected chi connectivity index (χ4v) is 3.94. The molecule has 7 nitrogen and oxygen atoms in total. The van der Waals surface area contributed by atoms with Crippen molar-refractivity contribution in [1.29, 1.82) is 0 Å². The van der Waals surface area contributed by atoms with Crippen LogP contribution in [0.25, 0.3) is 0 Å². The topological polar surface area (TPSA) is 71.4 Å². The number of anilines is 1. The van der Waals surface area contributed by atoms with Crippen molar-refractivity contribution in [2.75, 3.05) is 31.6 Å². The van der Waals surface area contributed by atoms with Crippen LogP contribution in [0.2, 0.25) is 0 Å². The molecular weight excluding hydrogens is 390 g/mol. The first-order chi connectivity index (χ1) is 15.2. The van der Waals surface area contributed by atoms with Crippen LogP contribution in [0.1, 0.15) is 17.5 Å². The molecule has 3 aromatic rings. The Morgan fingerprint density at radius 2 is 2.00 bits per heavy atom. The SMILES string of the molecule is COc1cccc(N2CCC(CNC(=O)NCc3cccc(Cn4cccn4)c3)C2)c1. The molecule has 2 heterocycles. The third-order valence-corrected chi connectivity index (χ3v) is 5.60. The maximum Gasteiger partial charge on any atom is 0.315 e. The van der Waals surface area contributed by atoms with E-state index in [1.54, 1.807) is 13.3 Å². The van der Waals surface area contributed by atoms with Gasteiger partial charge in [0.05, 0.1) is 13.7 Å². The quantitative estimate of drug-likeness (QED) is 0.588. The van der Waals surface area contributed by atoms with Crippen LogP contribution in [0.15, 0.2) is 67.0 Å². The molecule has 1 aromatic heterocycles. The van der Waals surface area contributed by atoms with Gasteiger partial charge in [0, 0.05) is 50.3 Å². The van der Waals surface area contributed by atoms with Gasteiger partial charge in [0.25, 0.3) is 0 Å². The van der Waals surface area contributed by atoms with Crippen molar-refractivity contribution in [2.24, 2.45) is 5.92 Å². The lowest BCUT2D eigenvalue weighted by molar-refractivity contribution is 0.239. The summed E-state index contributed by atoms with van der Waals surface area (Å²) in [6.45, 7) is 3.82. The maximum atomic E-state index is 12.3. The van der Waals surface area contributed by atoms with Crippen molar-refractivity contribution in [3.8, 4) is 5.75 Å². The van der Waals surface area contributed by atoms with E-state index < -0.39 is 0 Å². The molecule has 0 radical (unpaired) electrons. The van der Waals surface area contributed by atoms with Crippen LogP contribution in [0, 0.1) is 5.92 Å². The van der Waals surface area contributed by atoms with E-state index in [4.69, 9.17) is 4.74 Å². The summed E-state index contributed by atoms with van der Waals surface area (Å²) in [5.41, 5.74) is 3.40. The highest BCUT2D eigenvalue weighted by Crippen LogP contribution is 2.26. The van der Waals surface area contributed by atoms with Gasteiger partial charge < -0.3 is 20.3 Å². The van der Waals surface area contributed by atoms with Crippen LogP contribution in [0.5, 0.6) is 5.75 Å². The Hall–Kier alpha value is -3.48. The molecule has 0 spiro atoms. The van der Waals surface area contributed by atoms with E-state index in [2.05, 4.69) is 44.9 Å². The Balaban J connectivity index is 1.20. The molecule has 4 rings (SSSR count). The molecule has 2 amide bonds. The Kier molecular flexibility index (Phi) is 6.72. The molecule has 7 heteroatoms. The first kappa shape index (κ1) is 20.8. The normalized spacial score (nSPS) is 15.6. The predicted octanol–water partition coefficient (Wildman–Crippen LogP) is 3.27. The summed E-state index contributed by atoms with van der Waals surface area (Å²) in [7, 11) is 1.68. The predicted molar refractivity (Wildman–Crippen MR) is 121 cm³/mol. The fraction of sp³-hybridized carbons (Fsp3) is 0.333. The number of carbonyl (C=O) groups excluding carboxylic acids is 1. The van der Waals surface area contributed by atoms with Gasteiger partial charge in [-0.15, -0.1) is 0 Å². The summed E-state index contributed by atoms with van der Waals surface area (Å²) < 4.78 is 7.21. The van der Waals surface area contributed by atoms with Crippen LogP contribution in [-0.2, 0) is 13.1 Å². The number of nitrogens with one attached hydrogen (secondary N) is 2. The number of carbonyl (C=O) groups is 1. The highest BCUT2D eigenvalue weighted by molar-refractivity contribution is 5.73. The van der Waals surface area contributed by atoms with E-state index >= 15 is 0 Å². The van der Waals surface area contributed by atoms with E-state index in [1.807, 2.05) is 41.2 Å². The summed E-state index contributed by atoms with van der Waals surface area (Å²) in [5.74, 6) is 1.31. The number of benzene rings is 2. The van der Waals surface area contributed by atoms with Crippen molar-refractivity contribution >= 4 is 11.7 Å². The van der Waals surface area contributed by atoms with Gasteiger partial charge in [-0.1, -0.05) is 30.3 Å². The number of methoxy groups -OCH3 is 1. The van der Waals surface area contributed by atoms with Crippen LogP contribution in [0.3, 0.4) is 0 Å². The molecule has 162 valence electrons. The number of aromatic nitrogens is 2. The van der Waals surface area contributed by atoms with Crippen molar-refractivity contribution in [3.05, 3.63) is 78.1 Å². The Bertz CT molecular complexity index is 989. The molecule has 1 saturated heterocycles. The second kappa shape index (κ2) is 10.0.